The molecule has 0 amide bonds. The van der Waals surface area contributed by atoms with Crippen molar-refractivity contribution in [2.75, 3.05) is 0 Å². The Morgan fingerprint density at radius 1 is 1.64 bits per heavy atom. The Hall–Kier alpha value is -1.19. The summed E-state index contributed by atoms with van der Waals surface area (Å²) in [7, 11) is 0. The van der Waals surface area contributed by atoms with E-state index in [4.69, 9.17) is 0 Å². The van der Waals surface area contributed by atoms with Crippen LogP contribution in [0.5, 0.6) is 0 Å². The van der Waals surface area contributed by atoms with Crippen molar-refractivity contribution in [1.82, 2.24) is 14.8 Å². The molecule has 0 spiro atoms. The van der Waals surface area contributed by atoms with E-state index < -0.39 is 0 Å². The second-order valence-electron chi connectivity index (χ2n) is 2.28. The topological polar surface area (TPSA) is 47.8 Å². The van der Waals surface area contributed by atoms with Crippen molar-refractivity contribution in [3.05, 3.63) is 11.6 Å². The number of aldehydes is 1. The van der Waals surface area contributed by atoms with Gasteiger partial charge in [0.1, 0.15) is 17.9 Å². The second kappa shape index (κ2) is 3.27. The van der Waals surface area contributed by atoms with Gasteiger partial charge in [-0.15, -0.1) is 0 Å². The summed E-state index contributed by atoms with van der Waals surface area (Å²) < 4.78 is 1.63. The number of rotatable bonds is 3. The number of hydrogen-bond acceptors (Lipinski definition) is 3. The van der Waals surface area contributed by atoms with Gasteiger partial charge in [-0.05, 0) is 6.92 Å². The number of aromatic nitrogens is 3. The second-order valence-corrected chi connectivity index (χ2v) is 2.28. The molecule has 0 aliphatic carbocycles. The molecular weight excluding hydrogens is 142 g/mol. The molecule has 1 rings (SSSR count). The van der Waals surface area contributed by atoms with E-state index >= 15 is 0 Å². The van der Waals surface area contributed by atoms with Gasteiger partial charge >= 0.3 is 0 Å². The molecular formula is C7H11N3O. The predicted octanol–water partition coefficient (Wildman–Crippen LogP) is 0.348. The van der Waals surface area contributed by atoms with E-state index in [9.17, 15) is 4.79 Å². The maximum absolute atomic E-state index is 10.2. The van der Waals surface area contributed by atoms with E-state index in [2.05, 4.69) is 10.1 Å². The molecule has 60 valence electrons. The molecule has 0 radical (unpaired) electrons. The van der Waals surface area contributed by atoms with Crippen molar-refractivity contribution in [3.8, 4) is 0 Å². The number of aryl methyl sites for hydroxylation is 2. The molecule has 4 heteroatoms. The molecule has 0 fully saturated rings. The first-order valence-corrected chi connectivity index (χ1v) is 3.62. The smallest absolute Gasteiger partial charge is 0.147 e. The van der Waals surface area contributed by atoms with Crippen LogP contribution in [0.4, 0.5) is 0 Å². The van der Waals surface area contributed by atoms with Crippen molar-refractivity contribution in [2.45, 2.75) is 26.8 Å². The monoisotopic (exact) mass is 153 g/mol. The van der Waals surface area contributed by atoms with E-state index in [1.807, 2.05) is 13.8 Å². The maximum Gasteiger partial charge on any atom is 0.147 e. The first kappa shape index (κ1) is 7.91. The van der Waals surface area contributed by atoms with E-state index in [0.29, 0.717) is 6.54 Å². The Bertz CT molecular complexity index is 254. The third-order valence-electron chi connectivity index (χ3n) is 1.42. The standard InChI is InChI=1S/C7H11N3O/c1-3-7-8-6(2)9-10(7)4-5-11/h5H,3-4H2,1-2H3. The molecule has 0 aliphatic heterocycles. The molecule has 0 aliphatic rings. The molecule has 11 heavy (non-hydrogen) atoms. The summed E-state index contributed by atoms with van der Waals surface area (Å²) in [6.45, 7) is 4.12. The highest BCUT2D eigenvalue weighted by Crippen LogP contribution is 1.97. The third-order valence-corrected chi connectivity index (χ3v) is 1.42. The summed E-state index contributed by atoms with van der Waals surface area (Å²) >= 11 is 0. The largest absolute Gasteiger partial charge is 0.301 e. The number of carbonyl (C=O) groups is 1. The van der Waals surface area contributed by atoms with Crippen LogP contribution in [0.15, 0.2) is 0 Å². The van der Waals surface area contributed by atoms with Crippen molar-refractivity contribution >= 4 is 6.29 Å². The van der Waals surface area contributed by atoms with Crippen molar-refractivity contribution in [3.63, 3.8) is 0 Å². The summed E-state index contributed by atoms with van der Waals surface area (Å²) in [5.74, 6) is 1.60. The van der Waals surface area contributed by atoms with Gasteiger partial charge in [0.15, 0.2) is 0 Å². The summed E-state index contributed by atoms with van der Waals surface area (Å²) in [6, 6.07) is 0. The molecule has 1 heterocycles. The van der Waals surface area contributed by atoms with Crippen LogP contribution >= 0.6 is 0 Å². The average molecular weight is 153 g/mol. The van der Waals surface area contributed by atoms with Crippen LogP contribution in [-0.2, 0) is 17.8 Å². The molecule has 0 bridgehead atoms. The summed E-state index contributed by atoms with van der Waals surface area (Å²) in [5.41, 5.74) is 0. The predicted molar refractivity (Wildman–Crippen MR) is 40.2 cm³/mol. The third kappa shape index (κ3) is 1.63. The highest BCUT2D eigenvalue weighted by molar-refractivity contribution is 5.48. The number of nitrogens with zero attached hydrogens (tertiary/aromatic N) is 3. The van der Waals surface area contributed by atoms with E-state index in [0.717, 1.165) is 24.4 Å². The minimum absolute atomic E-state index is 0.310. The Balaban J connectivity index is 2.91. The van der Waals surface area contributed by atoms with E-state index in [1.165, 1.54) is 0 Å². The molecule has 1 aromatic rings. The Morgan fingerprint density at radius 3 is 2.91 bits per heavy atom. The Morgan fingerprint density at radius 2 is 2.36 bits per heavy atom. The zero-order valence-corrected chi connectivity index (χ0v) is 6.74. The zero-order chi connectivity index (χ0) is 8.27. The molecule has 0 atom stereocenters. The lowest BCUT2D eigenvalue weighted by Crippen LogP contribution is -2.05. The van der Waals surface area contributed by atoms with Crippen LogP contribution < -0.4 is 0 Å². The first-order chi connectivity index (χ1) is 5.27. The molecule has 4 nitrogen and oxygen atoms in total. The molecule has 0 saturated carbocycles. The average Bonchev–Trinajstić information content (AvgIpc) is 2.32. The lowest BCUT2D eigenvalue weighted by Gasteiger charge is -1.95. The van der Waals surface area contributed by atoms with Gasteiger partial charge in [0, 0.05) is 6.42 Å². The SMILES string of the molecule is CCc1nc(C)nn1CC=O. The van der Waals surface area contributed by atoms with Crippen LogP contribution in [0.25, 0.3) is 0 Å². The minimum atomic E-state index is 0.310. The van der Waals surface area contributed by atoms with Gasteiger partial charge in [-0.1, -0.05) is 6.92 Å². The van der Waals surface area contributed by atoms with Gasteiger partial charge in [0.2, 0.25) is 0 Å². The highest BCUT2D eigenvalue weighted by atomic mass is 16.1. The Kier molecular flexibility index (Phi) is 2.36. The number of carbonyl (C=O) groups excluding carboxylic acids is 1. The van der Waals surface area contributed by atoms with Crippen molar-refractivity contribution in [1.29, 1.82) is 0 Å². The molecule has 0 aromatic carbocycles. The van der Waals surface area contributed by atoms with Gasteiger partial charge < -0.3 is 4.79 Å². The van der Waals surface area contributed by atoms with E-state index in [-0.39, 0.29) is 0 Å². The molecule has 0 saturated heterocycles. The van der Waals surface area contributed by atoms with Crippen molar-refractivity contribution in [2.24, 2.45) is 0 Å². The fourth-order valence-corrected chi connectivity index (χ4v) is 0.978. The van der Waals surface area contributed by atoms with Gasteiger partial charge in [-0.3, -0.25) is 0 Å². The van der Waals surface area contributed by atoms with Gasteiger partial charge in [0.05, 0.1) is 6.54 Å². The van der Waals surface area contributed by atoms with Crippen molar-refractivity contribution < 1.29 is 4.79 Å². The van der Waals surface area contributed by atoms with Crippen LogP contribution in [-0.4, -0.2) is 21.1 Å². The lowest BCUT2D eigenvalue weighted by molar-refractivity contribution is -0.108. The molecule has 0 unspecified atom stereocenters. The van der Waals surface area contributed by atoms with Gasteiger partial charge in [-0.25, -0.2) is 9.67 Å². The van der Waals surface area contributed by atoms with Crippen LogP contribution in [0, 0.1) is 6.92 Å². The normalized spacial score (nSPS) is 10.0. The van der Waals surface area contributed by atoms with Crippen LogP contribution in [0.1, 0.15) is 18.6 Å². The quantitative estimate of drug-likeness (QED) is 0.588. The fourth-order valence-electron chi connectivity index (χ4n) is 0.978. The maximum atomic E-state index is 10.2. The summed E-state index contributed by atoms with van der Waals surface area (Å²) in [4.78, 5) is 14.3. The van der Waals surface area contributed by atoms with Gasteiger partial charge in [-0.2, -0.15) is 5.10 Å². The lowest BCUT2D eigenvalue weighted by atomic mass is 10.4. The zero-order valence-electron chi connectivity index (χ0n) is 6.74. The summed E-state index contributed by atoms with van der Waals surface area (Å²) in [5, 5.41) is 4.05. The molecule has 1 aromatic heterocycles. The van der Waals surface area contributed by atoms with Crippen LogP contribution in [0.3, 0.4) is 0 Å². The van der Waals surface area contributed by atoms with Gasteiger partial charge in [0.25, 0.3) is 0 Å². The minimum Gasteiger partial charge on any atom is -0.301 e. The highest BCUT2D eigenvalue weighted by Gasteiger charge is 2.02. The fraction of sp³-hybridized carbons (Fsp3) is 0.571. The Labute approximate surface area is 65.2 Å². The van der Waals surface area contributed by atoms with Crippen LogP contribution in [0.2, 0.25) is 0 Å². The number of hydrogen-bond donors (Lipinski definition) is 0. The molecule has 0 N–H and O–H groups in total. The summed E-state index contributed by atoms with van der Waals surface area (Å²) in [6.07, 6.45) is 1.64. The van der Waals surface area contributed by atoms with E-state index in [1.54, 1.807) is 4.68 Å². The first-order valence-electron chi connectivity index (χ1n) is 3.62.